The average Bonchev–Trinajstić information content (AvgIpc) is 2.65. The van der Waals surface area contributed by atoms with Gasteiger partial charge in [0.1, 0.15) is 18.4 Å². The fourth-order valence-electron chi connectivity index (χ4n) is 1.08. The van der Waals surface area contributed by atoms with E-state index in [1.165, 1.54) is 10.9 Å². The van der Waals surface area contributed by atoms with E-state index in [0.717, 1.165) is 6.20 Å². The molecule has 82 valence electrons. The Kier molecular flexibility index (Phi) is 3.37. The summed E-state index contributed by atoms with van der Waals surface area (Å²) in [5.74, 6) is -0.213. The van der Waals surface area contributed by atoms with Crippen LogP contribution >= 0.6 is 0 Å². The Morgan fingerprint density at radius 1 is 1.80 bits per heavy atom. The van der Waals surface area contributed by atoms with Gasteiger partial charge in [0.2, 0.25) is 5.91 Å². The monoisotopic (exact) mass is 212 g/mol. The molecule has 1 N–H and O–H groups in total. The zero-order valence-electron chi connectivity index (χ0n) is 8.51. The van der Waals surface area contributed by atoms with Gasteiger partial charge in [-0.15, -0.1) is 0 Å². The molecular formula is C8H12N4O3. The Balaban J connectivity index is 2.78. The van der Waals surface area contributed by atoms with Crippen molar-refractivity contribution in [3.63, 3.8) is 0 Å². The lowest BCUT2D eigenvalue weighted by atomic mass is 10.3. The Bertz CT molecular complexity index is 374. The summed E-state index contributed by atoms with van der Waals surface area (Å²) in [6.07, 6.45) is 2.36. The SMILES string of the molecule is CCNC(=O)C(C)n1cc([N+](=O)[O-])cn1. The van der Waals surface area contributed by atoms with Crippen molar-refractivity contribution in [3.8, 4) is 0 Å². The van der Waals surface area contributed by atoms with Gasteiger partial charge >= 0.3 is 5.69 Å². The normalized spacial score (nSPS) is 12.1. The molecule has 0 fully saturated rings. The molecule has 1 rings (SSSR count). The maximum atomic E-state index is 11.4. The number of rotatable bonds is 4. The van der Waals surface area contributed by atoms with Crippen LogP contribution in [0.2, 0.25) is 0 Å². The van der Waals surface area contributed by atoms with E-state index in [0.29, 0.717) is 6.54 Å². The molecule has 1 aromatic heterocycles. The molecule has 0 aliphatic heterocycles. The van der Waals surface area contributed by atoms with Gasteiger partial charge in [0.05, 0.1) is 4.92 Å². The molecule has 1 unspecified atom stereocenters. The van der Waals surface area contributed by atoms with Crippen LogP contribution < -0.4 is 5.32 Å². The highest BCUT2D eigenvalue weighted by atomic mass is 16.6. The van der Waals surface area contributed by atoms with Crippen LogP contribution in [0.3, 0.4) is 0 Å². The second-order valence-corrected chi connectivity index (χ2v) is 3.01. The number of likely N-dealkylation sites (N-methyl/N-ethyl adjacent to an activating group) is 1. The van der Waals surface area contributed by atoms with E-state index in [1.54, 1.807) is 13.8 Å². The topological polar surface area (TPSA) is 90.1 Å². The average molecular weight is 212 g/mol. The molecule has 1 aromatic rings. The molecule has 1 heterocycles. The molecule has 0 aliphatic rings. The highest BCUT2D eigenvalue weighted by molar-refractivity contribution is 5.79. The maximum absolute atomic E-state index is 11.4. The summed E-state index contributed by atoms with van der Waals surface area (Å²) < 4.78 is 1.27. The zero-order valence-corrected chi connectivity index (χ0v) is 8.51. The van der Waals surface area contributed by atoms with Crippen molar-refractivity contribution in [3.05, 3.63) is 22.5 Å². The summed E-state index contributed by atoms with van der Waals surface area (Å²) in [5.41, 5.74) is -0.119. The van der Waals surface area contributed by atoms with Crippen molar-refractivity contribution >= 4 is 11.6 Å². The number of carbonyl (C=O) groups is 1. The van der Waals surface area contributed by atoms with Crippen LogP contribution in [0, 0.1) is 10.1 Å². The number of aromatic nitrogens is 2. The lowest BCUT2D eigenvalue weighted by molar-refractivity contribution is -0.385. The highest BCUT2D eigenvalue weighted by Gasteiger charge is 2.17. The van der Waals surface area contributed by atoms with Crippen LogP contribution in [0.25, 0.3) is 0 Å². The number of nitrogens with zero attached hydrogens (tertiary/aromatic N) is 3. The van der Waals surface area contributed by atoms with Gasteiger partial charge in [-0.2, -0.15) is 5.10 Å². The van der Waals surface area contributed by atoms with Gasteiger partial charge in [0.15, 0.2) is 0 Å². The third kappa shape index (κ3) is 2.52. The summed E-state index contributed by atoms with van der Waals surface area (Å²) in [6, 6.07) is -0.543. The molecule has 0 saturated carbocycles. The standard InChI is InChI=1S/C8H12N4O3/c1-3-9-8(13)6(2)11-5-7(4-10-11)12(14)15/h4-6H,3H2,1-2H3,(H,9,13). The van der Waals surface area contributed by atoms with Gasteiger partial charge in [0.25, 0.3) is 0 Å². The van der Waals surface area contributed by atoms with Crippen LogP contribution in [0.5, 0.6) is 0 Å². The van der Waals surface area contributed by atoms with E-state index in [9.17, 15) is 14.9 Å². The number of amides is 1. The molecule has 0 bridgehead atoms. The molecule has 0 aromatic carbocycles. The minimum Gasteiger partial charge on any atom is -0.355 e. The largest absolute Gasteiger partial charge is 0.355 e. The predicted molar refractivity (Wildman–Crippen MR) is 52.3 cm³/mol. The Hall–Kier alpha value is -1.92. The number of nitrogens with one attached hydrogen (secondary N) is 1. The fourth-order valence-corrected chi connectivity index (χ4v) is 1.08. The first kappa shape index (κ1) is 11.2. The van der Waals surface area contributed by atoms with Crippen molar-refractivity contribution in [2.75, 3.05) is 6.54 Å². The molecule has 0 saturated heterocycles. The van der Waals surface area contributed by atoms with E-state index < -0.39 is 11.0 Å². The van der Waals surface area contributed by atoms with Crippen molar-refractivity contribution in [2.45, 2.75) is 19.9 Å². The van der Waals surface area contributed by atoms with E-state index in [1.807, 2.05) is 0 Å². The third-order valence-corrected chi connectivity index (χ3v) is 1.93. The molecule has 1 amide bonds. The van der Waals surface area contributed by atoms with Crippen LogP contribution in [0.4, 0.5) is 5.69 Å². The van der Waals surface area contributed by atoms with Gasteiger partial charge in [-0.3, -0.25) is 19.6 Å². The Labute approximate surface area is 86.2 Å². The fraction of sp³-hybridized carbons (Fsp3) is 0.500. The number of hydrogen-bond donors (Lipinski definition) is 1. The molecule has 7 heteroatoms. The number of carbonyl (C=O) groups excluding carboxylic acids is 1. The number of nitro groups is 1. The molecule has 0 radical (unpaired) electrons. The van der Waals surface area contributed by atoms with Crippen molar-refractivity contribution < 1.29 is 9.72 Å². The first-order chi connectivity index (χ1) is 7.06. The Morgan fingerprint density at radius 2 is 2.47 bits per heavy atom. The maximum Gasteiger partial charge on any atom is 0.307 e. The Morgan fingerprint density at radius 3 is 2.93 bits per heavy atom. The minimum absolute atomic E-state index is 0.119. The van der Waals surface area contributed by atoms with Crippen LogP contribution in [0.15, 0.2) is 12.4 Å². The van der Waals surface area contributed by atoms with Gasteiger partial charge in [-0.25, -0.2) is 0 Å². The summed E-state index contributed by atoms with van der Waals surface area (Å²) in [4.78, 5) is 21.2. The smallest absolute Gasteiger partial charge is 0.307 e. The molecule has 15 heavy (non-hydrogen) atoms. The van der Waals surface area contributed by atoms with Gasteiger partial charge in [-0.1, -0.05) is 0 Å². The molecule has 0 aliphatic carbocycles. The predicted octanol–water partition coefficient (Wildman–Crippen LogP) is 0.488. The van der Waals surface area contributed by atoms with Crippen LogP contribution in [-0.2, 0) is 4.79 Å². The second kappa shape index (κ2) is 4.54. The zero-order chi connectivity index (χ0) is 11.4. The quantitative estimate of drug-likeness (QED) is 0.580. The lowest BCUT2D eigenvalue weighted by Crippen LogP contribution is -2.30. The third-order valence-electron chi connectivity index (χ3n) is 1.93. The van der Waals surface area contributed by atoms with Crippen molar-refractivity contribution in [1.82, 2.24) is 15.1 Å². The highest BCUT2D eigenvalue weighted by Crippen LogP contribution is 2.12. The van der Waals surface area contributed by atoms with Crippen molar-refractivity contribution in [1.29, 1.82) is 0 Å². The van der Waals surface area contributed by atoms with Crippen LogP contribution in [-0.4, -0.2) is 27.2 Å². The van der Waals surface area contributed by atoms with E-state index in [2.05, 4.69) is 10.4 Å². The molecule has 1 atom stereocenters. The molecular weight excluding hydrogens is 200 g/mol. The molecule has 7 nitrogen and oxygen atoms in total. The second-order valence-electron chi connectivity index (χ2n) is 3.01. The summed E-state index contributed by atoms with van der Waals surface area (Å²) in [7, 11) is 0. The van der Waals surface area contributed by atoms with Crippen LogP contribution in [0.1, 0.15) is 19.9 Å². The van der Waals surface area contributed by atoms with E-state index >= 15 is 0 Å². The number of hydrogen-bond acceptors (Lipinski definition) is 4. The van der Waals surface area contributed by atoms with Gasteiger partial charge < -0.3 is 5.32 Å². The van der Waals surface area contributed by atoms with E-state index in [-0.39, 0.29) is 11.6 Å². The summed E-state index contributed by atoms with van der Waals surface area (Å²) >= 11 is 0. The lowest BCUT2D eigenvalue weighted by Gasteiger charge is -2.10. The minimum atomic E-state index is -0.548. The van der Waals surface area contributed by atoms with Crippen molar-refractivity contribution in [2.24, 2.45) is 0 Å². The molecule has 0 spiro atoms. The first-order valence-electron chi connectivity index (χ1n) is 4.52. The first-order valence-corrected chi connectivity index (χ1v) is 4.52. The van der Waals surface area contributed by atoms with Gasteiger partial charge in [0, 0.05) is 6.54 Å². The van der Waals surface area contributed by atoms with E-state index in [4.69, 9.17) is 0 Å². The summed E-state index contributed by atoms with van der Waals surface area (Å²) in [6.45, 7) is 3.95. The summed E-state index contributed by atoms with van der Waals surface area (Å²) in [5, 5.41) is 16.8. The van der Waals surface area contributed by atoms with Gasteiger partial charge in [-0.05, 0) is 13.8 Å².